The lowest BCUT2D eigenvalue weighted by molar-refractivity contribution is -0.298. The SMILES string of the molecule is CCCCCCCCCCC/C=C\C/C=C\CCCCCCCCCCCCCCCC(=O)NC(COC1OC(CO)C(O)C(OS(=O)(=O)O)C1O)C(O)/C=C/CCCCCCCCCCCCC. The molecule has 0 aromatic carbocycles. The number of hydrogen-bond acceptors (Lipinski definition) is 10. The molecule has 1 amide bonds. The van der Waals surface area contributed by atoms with E-state index in [2.05, 4.69) is 47.7 Å². The molecule has 1 saturated heterocycles. The molecule has 13 heteroatoms. The van der Waals surface area contributed by atoms with Crippen LogP contribution in [0.5, 0.6) is 0 Å². The molecule has 0 aromatic heterocycles. The van der Waals surface area contributed by atoms with E-state index >= 15 is 0 Å². The monoisotopic (exact) mass is 1000 g/mol. The highest BCUT2D eigenvalue weighted by Crippen LogP contribution is 2.26. The summed E-state index contributed by atoms with van der Waals surface area (Å²) in [6, 6.07) is -0.944. The number of amides is 1. The number of nitrogens with one attached hydrogen (secondary N) is 1. The molecule has 1 aliphatic heterocycles. The lowest BCUT2D eigenvalue weighted by Crippen LogP contribution is -2.61. The number of carbonyl (C=O) groups is 1. The van der Waals surface area contributed by atoms with Crippen molar-refractivity contribution in [1.29, 1.82) is 0 Å². The standard InChI is InChI=1S/C56H105NO11S/c1-3-5-7-9-11-13-15-17-18-19-20-21-22-23-24-25-26-27-28-29-30-31-32-34-36-38-40-42-44-46-52(60)57-49(50(59)45-43-41-39-37-35-33-16-14-12-10-8-6-4-2)48-66-56-54(62)55(68-69(63,64)65)53(61)51(47-58)67-56/h20-21,23-24,43,45,49-51,53-56,58-59,61-62H,3-19,22,25-42,44,46-48H2,1-2H3,(H,57,60)(H,63,64,65)/b21-20-,24-23-,45-43+. The Hall–Kier alpha value is -1.68. The zero-order valence-corrected chi connectivity index (χ0v) is 44.7. The van der Waals surface area contributed by atoms with Gasteiger partial charge in [0.15, 0.2) is 6.29 Å². The fourth-order valence-electron chi connectivity index (χ4n) is 9.02. The van der Waals surface area contributed by atoms with Gasteiger partial charge >= 0.3 is 10.4 Å². The average Bonchev–Trinajstić information content (AvgIpc) is 3.32. The van der Waals surface area contributed by atoms with E-state index in [4.69, 9.17) is 9.47 Å². The maximum atomic E-state index is 13.1. The van der Waals surface area contributed by atoms with Crippen LogP contribution in [0.15, 0.2) is 36.5 Å². The highest BCUT2D eigenvalue weighted by molar-refractivity contribution is 7.80. The molecule has 6 N–H and O–H groups in total. The molecule has 1 rings (SSSR count). The van der Waals surface area contributed by atoms with Gasteiger partial charge in [-0.05, 0) is 51.4 Å². The number of allylic oxidation sites excluding steroid dienone is 5. The van der Waals surface area contributed by atoms with Gasteiger partial charge < -0.3 is 35.2 Å². The highest BCUT2D eigenvalue weighted by Gasteiger charge is 2.48. The number of hydrogen-bond donors (Lipinski definition) is 6. The van der Waals surface area contributed by atoms with Gasteiger partial charge in [-0.15, -0.1) is 0 Å². The lowest BCUT2D eigenvalue weighted by Gasteiger charge is -2.41. The summed E-state index contributed by atoms with van der Waals surface area (Å²) in [7, 11) is -5.09. The van der Waals surface area contributed by atoms with Gasteiger partial charge in [-0.2, -0.15) is 8.42 Å². The van der Waals surface area contributed by atoms with Crippen molar-refractivity contribution < 1.29 is 51.8 Å². The minimum absolute atomic E-state index is 0.262. The van der Waals surface area contributed by atoms with E-state index in [1.165, 1.54) is 186 Å². The van der Waals surface area contributed by atoms with Crippen LogP contribution in [0.3, 0.4) is 0 Å². The van der Waals surface area contributed by atoms with Gasteiger partial charge in [0.1, 0.15) is 24.4 Å². The van der Waals surface area contributed by atoms with Crippen LogP contribution in [-0.2, 0) is 28.9 Å². The molecule has 7 atom stereocenters. The summed E-state index contributed by atoms with van der Waals surface area (Å²) in [6.45, 7) is 3.40. The van der Waals surface area contributed by atoms with Gasteiger partial charge in [-0.3, -0.25) is 9.35 Å². The van der Waals surface area contributed by atoms with E-state index in [0.717, 1.165) is 44.9 Å². The predicted octanol–water partition coefficient (Wildman–Crippen LogP) is 13.0. The summed E-state index contributed by atoms with van der Waals surface area (Å²) >= 11 is 0. The van der Waals surface area contributed by atoms with E-state index in [1.54, 1.807) is 6.08 Å². The Morgan fingerprint density at radius 3 is 1.38 bits per heavy atom. The van der Waals surface area contributed by atoms with E-state index in [0.29, 0.717) is 6.42 Å². The molecule has 0 bridgehead atoms. The largest absolute Gasteiger partial charge is 0.397 e. The summed E-state index contributed by atoms with van der Waals surface area (Å²) in [6.07, 6.45) is 49.1. The van der Waals surface area contributed by atoms with E-state index in [1.807, 2.05) is 6.08 Å². The maximum absolute atomic E-state index is 13.1. The van der Waals surface area contributed by atoms with Gasteiger partial charge in [0.05, 0.1) is 25.4 Å². The quantitative estimate of drug-likeness (QED) is 0.0193. The van der Waals surface area contributed by atoms with Crippen molar-refractivity contribution in [3.05, 3.63) is 36.5 Å². The predicted molar refractivity (Wildman–Crippen MR) is 282 cm³/mol. The highest BCUT2D eigenvalue weighted by atomic mass is 32.3. The van der Waals surface area contributed by atoms with Gasteiger partial charge in [-0.25, -0.2) is 4.18 Å². The molecule has 0 spiro atoms. The molecule has 0 aromatic rings. The molecule has 69 heavy (non-hydrogen) atoms. The Morgan fingerprint density at radius 1 is 0.580 bits per heavy atom. The molecule has 7 unspecified atom stereocenters. The van der Waals surface area contributed by atoms with Crippen molar-refractivity contribution in [2.24, 2.45) is 0 Å². The van der Waals surface area contributed by atoms with Crippen LogP contribution in [0.2, 0.25) is 0 Å². The Balaban J connectivity index is 2.30. The van der Waals surface area contributed by atoms with Crippen LogP contribution in [0.25, 0.3) is 0 Å². The van der Waals surface area contributed by atoms with Crippen molar-refractivity contribution >= 4 is 16.3 Å². The number of aliphatic hydroxyl groups is 4. The fraction of sp³-hybridized carbons (Fsp3) is 0.875. The zero-order chi connectivity index (χ0) is 50.5. The summed E-state index contributed by atoms with van der Waals surface area (Å²) in [4.78, 5) is 13.1. The van der Waals surface area contributed by atoms with Gasteiger partial charge in [0.25, 0.3) is 0 Å². The molecule has 12 nitrogen and oxygen atoms in total. The molecule has 0 radical (unpaired) electrons. The van der Waals surface area contributed by atoms with Crippen molar-refractivity contribution in [3.63, 3.8) is 0 Å². The summed E-state index contributed by atoms with van der Waals surface area (Å²) in [5.41, 5.74) is 0. The maximum Gasteiger partial charge on any atom is 0.397 e. The Bertz CT molecular complexity index is 1360. The Kier molecular flexibility index (Phi) is 43.7. The number of unbranched alkanes of at least 4 members (excludes halogenated alkanes) is 33. The van der Waals surface area contributed by atoms with Crippen LogP contribution < -0.4 is 5.32 Å². The zero-order valence-electron chi connectivity index (χ0n) is 43.9. The normalized spacial score (nSPS) is 19.9. The number of carbonyl (C=O) groups excluding carboxylic acids is 1. The number of ether oxygens (including phenoxy) is 2. The fourth-order valence-corrected chi connectivity index (χ4v) is 9.52. The summed E-state index contributed by atoms with van der Waals surface area (Å²) in [5, 5.41) is 44.8. The van der Waals surface area contributed by atoms with E-state index in [-0.39, 0.29) is 18.9 Å². The summed E-state index contributed by atoms with van der Waals surface area (Å²) in [5.74, 6) is -0.262. The molecule has 0 saturated carbocycles. The topological polar surface area (TPSA) is 192 Å². The first kappa shape index (κ1) is 65.3. The van der Waals surface area contributed by atoms with Gasteiger partial charge in [0.2, 0.25) is 5.91 Å². The third-order valence-corrected chi connectivity index (χ3v) is 13.9. The average molecular weight is 1000 g/mol. The molecular weight excluding hydrogens is 895 g/mol. The lowest BCUT2D eigenvalue weighted by atomic mass is 9.99. The van der Waals surface area contributed by atoms with E-state index in [9.17, 15) is 38.2 Å². The minimum atomic E-state index is -5.09. The van der Waals surface area contributed by atoms with Crippen LogP contribution in [0.4, 0.5) is 0 Å². The first-order chi connectivity index (χ1) is 33.5. The molecule has 1 heterocycles. The van der Waals surface area contributed by atoms with Crippen molar-refractivity contribution in [1.82, 2.24) is 5.32 Å². The Morgan fingerprint density at radius 2 is 0.971 bits per heavy atom. The van der Waals surface area contributed by atoms with Crippen molar-refractivity contribution in [2.45, 2.75) is 301 Å². The third kappa shape index (κ3) is 38.6. The second-order valence-corrected chi connectivity index (χ2v) is 20.9. The van der Waals surface area contributed by atoms with Crippen molar-refractivity contribution in [2.75, 3.05) is 13.2 Å². The first-order valence-corrected chi connectivity index (χ1v) is 29.7. The van der Waals surface area contributed by atoms with Crippen LogP contribution in [0.1, 0.15) is 258 Å². The molecule has 406 valence electrons. The second-order valence-electron chi connectivity index (χ2n) is 19.9. The molecule has 1 fully saturated rings. The summed E-state index contributed by atoms with van der Waals surface area (Å²) < 4.78 is 47.7. The van der Waals surface area contributed by atoms with E-state index < -0.39 is 59.9 Å². The van der Waals surface area contributed by atoms with Crippen LogP contribution >= 0.6 is 0 Å². The second kappa shape index (κ2) is 46.1. The smallest absolute Gasteiger partial charge is 0.394 e. The van der Waals surface area contributed by atoms with Crippen LogP contribution in [0, 0.1) is 0 Å². The molecular formula is C56H105NO11S. The van der Waals surface area contributed by atoms with Gasteiger partial charge in [0, 0.05) is 6.42 Å². The van der Waals surface area contributed by atoms with Crippen LogP contribution in [-0.4, -0.2) is 95.4 Å². The van der Waals surface area contributed by atoms with Crippen molar-refractivity contribution in [3.8, 4) is 0 Å². The Labute approximate surface area is 422 Å². The molecule has 0 aliphatic carbocycles. The first-order valence-electron chi connectivity index (χ1n) is 28.4. The number of aliphatic hydroxyl groups excluding tert-OH is 4. The van der Waals surface area contributed by atoms with Gasteiger partial charge in [-0.1, -0.05) is 237 Å². The number of rotatable bonds is 49. The third-order valence-electron chi connectivity index (χ3n) is 13.4. The minimum Gasteiger partial charge on any atom is -0.394 e. The molecule has 1 aliphatic rings.